The van der Waals surface area contributed by atoms with E-state index in [4.69, 9.17) is 14.4 Å². The van der Waals surface area contributed by atoms with E-state index in [1.807, 2.05) is 24.3 Å². The first-order chi connectivity index (χ1) is 19.7. The molecule has 1 saturated heterocycles. The lowest BCUT2D eigenvalue weighted by atomic mass is 9.77. The number of aromatic nitrogens is 2. The number of anilines is 2. The highest BCUT2D eigenvalue weighted by Crippen LogP contribution is 2.53. The van der Waals surface area contributed by atoms with Gasteiger partial charge in [0.2, 0.25) is 5.91 Å². The van der Waals surface area contributed by atoms with E-state index < -0.39 is 8.32 Å². The second-order valence-electron chi connectivity index (χ2n) is 12.5. The van der Waals surface area contributed by atoms with Crippen LogP contribution in [-0.2, 0) is 15.8 Å². The summed E-state index contributed by atoms with van der Waals surface area (Å²) in [6.45, 7) is 15.7. The van der Waals surface area contributed by atoms with E-state index in [-0.39, 0.29) is 23.9 Å². The molecule has 5 rings (SSSR count). The molecule has 218 valence electrons. The SMILES string of the molecule is CC(C)[Si](OC[C@@H]1CNc2ncnc(N(C)Cc3ccccc3)c2[C@H]2[C@H](c3ccccc3)C(=O)N12)(C(C)C)C(C)C. The molecule has 3 atom stereocenters. The summed E-state index contributed by atoms with van der Waals surface area (Å²) in [5.74, 6) is 1.53. The maximum atomic E-state index is 14.1. The predicted octanol–water partition coefficient (Wildman–Crippen LogP) is 6.77. The summed E-state index contributed by atoms with van der Waals surface area (Å²) in [6, 6.07) is 20.3. The van der Waals surface area contributed by atoms with E-state index >= 15 is 0 Å². The third-order valence-electron chi connectivity index (χ3n) is 9.21. The number of carbonyl (C=O) groups excluding carboxylic acids is 1. The maximum absolute atomic E-state index is 14.1. The van der Waals surface area contributed by atoms with Gasteiger partial charge < -0.3 is 19.5 Å². The number of β-lactam (4-membered cyclic amide) rings is 1. The highest BCUT2D eigenvalue weighted by Gasteiger charge is 2.55. The fraction of sp³-hybridized carbons (Fsp3) is 0.485. The third-order valence-corrected chi connectivity index (χ3v) is 15.3. The maximum Gasteiger partial charge on any atom is 0.233 e. The molecule has 3 heterocycles. The van der Waals surface area contributed by atoms with Crippen LogP contribution in [0.1, 0.15) is 70.2 Å². The Hall–Kier alpha value is -3.23. The van der Waals surface area contributed by atoms with E-state index in [1.54, 1.807) is 6.33 Å². The number of nitrogens with zero attached hydrogens (tertiary/aromatic N) is 4. The van der Waals surface area contributed by atoms with Crippen molar-refractivity contribution in [1.29, 1.82) is 0 Å². The van der Waals surface area contributed by atoms with Gasteiger partial charge in [0.25, 0.3) is 0 Å². The van der Waals surface area contributed by atoms with Crippen LogP contribution in [0.15, 0.2) is 67.0 Å². The molecule has 41 heavy (non-hydrogen) atoms. The molecule has 7 nitrogen and oxygen atoms in total. The molecule has 0 spiro atoms. The summed E-state index contributed by atoms with van der Waals surface area (Å²) in [5.41, 5.74) is 4.64. The van der Waals surface area contributed by atoms with E-state index in [0.717, 1.165) is 22.8 Å². The van der Waals surface area contributed by atoms with Crippen LogP contribution in [0.3, 0.4) is 0 Å². The lowest BCUT2D eigenvalue weighted by molar-refractivity contribution is -0.155. The molecule has 8 heteroatoms. The van der Waals surface area contributed by atoms with Crippen molar-refractivity contribution in [2.45, 2.75) is 82.7 Å². The number of nitrogens with one attached hydrogen (secondary N) is 1. The topological polar surface area (TPSA) is 70.6 Å². The molecule has 0 aliphatic carbocycles. The first-order valence-corrected chi connectivity index (χ1v) is 17.2. The fourth-order valence-electron chi connectivity index (χ4n) is 7.44. The van der Waals surface area contributed by atoms with E-state index in [9.17, 15) is 4.79 Å². The lowest BCUT2D eigenvalue weighted by Gasteiger charge is -2.51. The van der Waals surface area contributed by atoms with Gasteiger partial charge in [0.05, 0.1) is 30.2 Å². The van der Waals surface area contributed by atoms with Crippen LogP contribution in [0.25, 0.3) is 0 Å². The molecular formula is C33H45N5O2Si. The molecule has 1 aromatic heterocycles. The van der Waals surface area contributed by atoms with E-state index in [0.29, 0.717) is 36.3 Å². The molecule has 1 amide bonds. The number of rotatable bonds is 10. The van der Waals surface area contributed by atoms with E-state index in [1.165, 1.54) is 5.56 Å². The van der Waals surface area contributed by atoms with Gasteiger partial charge in [-0.15, -0.1) is 0 Å². The van der Waals surface area contributed by atoms with Crippen LogP contribution < -0.4 is 10.2 Å². The Balaban J connectivity index is 1.53. The zero-order valence-corrected chi connectivity index (χ0v) is 26.5. The van der Waals surface area contributed by atoms with Crippen molar-refractivity contribution >= 4 is 25.9 Å². The van der Waals surface area contributed by atoms with Gasteiger partial charge in [-0.05, 0) is 27.8 Å². The van der Waals surface area contributed by atoms with Crippen molar-refractivity contribution in [2.75, 3.05) is 30.4 Å². The summed E-state index contributed by atoms with van der Waals surface area (Å²) in [5, 5.41) is 3.62. The minimum atomic E-state index is -2.11. The van der Waals surface area contributed by atoms with Gasteiger partial charge in [-0.2, -0.15) is 0 Å². The number of hydrogen-bond acceptors (Lipinski definition) is 6. The largest absolute Gasteiger partial charge is 0.414 e. The van der Waals surface area contributed by atoms with Crippen LogP contribution >= 0.6 is 0 Å². The van der Waals surface area contributed by atoms with Gasteiger partial charge >= 0.3 is 0 Å². The number of fused-ring (bicyclic) bond motifs is 3. The number of benzene rings is 2. The van der Waals surface area contributed by atoms with Gasteiger partial charge in [-0.25, -0.2) is 9.97 Å². The molecule has 2 aliphatic rings. The fourth-order valence-corrected chi connectivity index (χ4v) is 12.9. The van der Waals surface area contributed by atoms with Crippen LogP contribution in [0, 0.1) is 0 Å². The second-order valence-corrected chi connectivity index (χ2v) is 18.0. The molecule has 1 fully saturated rings. The normalized spacial score (nSPS) is 20.4. The van der Waals surface area contributed by atoms with Crippen molar-refractivity contribution in [3.63, 3.8) is 0 Å². The standard InChI is InChI=1S/C33H45N5O2Si/c1-22(2)41(23(3)4,24(5)6)40-20-27-18-34-31-29(30-28(33(39)38(27)30)26-16-12-9-13-17-26)32(36-21-35-31)37(7)19-25-14-10-8-11-15-25/h8-17,21-24,27-28,30H,18-20H2,1-7H3,(H,34,35,36)/t27-,28-,30+/m0/s1. The highest BCUT2D eigenvalue weighted by atomic mass is 28.4. The zero-order valence-electron chi connectivity index (χ0n) is 25.5. The summed E-state index contributed by atoms with van der Waals surface area (Å²) < 4.78 is 7.07. The zero-order chi connectivity index (χ0) is 29.3. The minimum Gasteiger partial charge on any atom is -0.414 e. The van der Waals surface area contributed by atoms with Crippen molar-refractivity contribution in [3.8, 4) is 0 Å². The van der Waals surface area contributed by atoms with Crippen molar-refractivity contribution in [1.82, 2.24) is 14.9 Å². The van der Waals surface area contributed by atoms with Gasteiger partial charge in [-0.1, -0.05) is 102 Å². The first kappa shape index (κ1) is 29.3. The molecular weight excluding hydrogens is 526 g/mol. The summed E-state index contributed by atoms with van der Waals surface area (Å²) in [6.07, 6.45) is 1.63. The third kappa shape index (κ3) is 5.28. The summed E-state index contributed by atoms with van der Waals surface area (Å²) >= 11 is 0. The summed E-state index contributed by atoms with van der Waals surface area (Å²) in [4.78, 5) is 27.8. The number of hydrogen-bond donors (Lipinski definition) is 1. The van der Waals surface area contributed by atoms with Crippen LogP contribution in [0.5, 0.6) is 0 Å². The van der Waals surface area contributed by atoms with Crippen molar-refractivity contribution in [2.24, 2.45) is 0 Å². The average molecular weight is 572 g/mol. The van der Waals surface area contributed by atoms with Crippen LogP contribution in [0.4, 0.5) is 11.6 Å². The Morgan fingerprint density at radius 2 is 1.56 bits per heavy atom. The minimum absolute atomic E-state index is 0.0999. The van der Waals surface area contributed by atoms with Gasteiger partial charge in [0.15, 0.2) is 8.32 Å². The molecule has 0 saturated carbocycles. The molecule has 2 aromatic carbocycles. The Bertz CT molecular complexity index is 1310. The smallest absolute Gasteiger partial charge is 0.233 e. The molecule has 0 unspecified atom stereocenters. The van der Waals surface area contributed by atoms with Gasteiger partial charge in [-0.3, -0.25) is 4.79 Å². The monoisotopic (exact) mass is 571 g/mol. The van der Waals surface area contributed by atoms with Gasteiger partial charge in [0, 0.05) is 20.1 Å². The molecule has 1 N–H and O–H groups in total. The number of amides is 1. The van der Waals surface area contributed by atoms with Crippen molar-refractivity contribution in [3.05, 3.63) is 83.7 Å². The number of carbonyl (C=O) groups is 1. The molecule has 2 aliphatic heterocycles. The van der Waals surface area contributed by atoms with Crippen LogP contribution in [0.2, 0.25) is 16.6 Å². The highest BCUT2D eigenvalue weighted by molar-refractivity contribution is 6.77. The molecule has 0 radical (unpaired) electrons. The predicted molar refractivity (Wildman–Crippen MR) is 169 cm³/mol. The van der Waals surface area contributed by atoms with Crippen molar-refractivity contribution < 1.29 is 9.22 Å². The lowest BCUT2D eigenvalue weighted by Crippen LogP contribution is -2.61. The average Bonchev–Trinajstić information content (AvgIpc) is 3.08. The van der Waals surface area contributed by atoms with E-state index in [2.05, 4.69) is 100 Å². The Labute approximate surface area is 246 Å². The molecule has 3 aromatic rings. The Morgan fingerprint density at radius 3 is 2.17 bits per heavy atom. The van der Waals surface area contributed by atoms with Crippen LogP contribution in [-0.4, -0.2) is 55.3 Å². The molecule has 0 bridgehead atoms. The van der Waals surface area contributed by atoms with Gasteiger partial charge in [0.1, 0.15) is 18.0 Å². The first-order valence-electron chi connectivity index (χ1n) is 15.0. The summed E-state index contributed by atoms with van der Waals surface area (Å²) in [7, 11) is -0.0455. The quantitative estimate of drug-likeness (QED) is 0.214. The Kier molecular flexibility index (Phi) is 8.52. The second kappa shape index (κ2) is 11.9. The Morgan fingerprint density at radius 1 is 0.951 bits per heavy atom.